The van der Waals surface area contributed by atoms with E-state index in [2.05, 4.69) is 58.5 Å². The fourth-order valence-corrected chi connectivity index (χ4v) is 4.88. The highest BCUT2D eigenvalue weighted by Crippen LogP contribution is 2.31. The van der Waals surface area contributed by atoms with Crippen LogP contribution < -0.4 is 5.32 Å². The first-order chi connectivity index (χ1) is 19.7. The van der Waals surface area contributed by atoms with Gasteiger partial charge >= 0.3 is 11.9 Å². The van der Waals surface area contributed by atoms with Gasteiger partial charge in [0, 0.05) is 52.1 Å². The molecule has 4 aromatic heterocycles. The number of nitrogens with one attached hydrogen (secondary N) is 2. The van der Waals surface area contributed by atoms with E-state index in [0.717, 1.165) is 30.5 Å². The van der Waals surface area contributed by atoms with Gasteiger partial charge in [0.15, 0.2) is 11.5 Å². The Hall–Kier alpha value is -5.13. The van der Waals surface area contributed by atoms with E-state index in [-0.39, 0.29) is 12.0 Å². The Balaban J connectivity index is 0.000000372. The topological polar surface area (TPSA) is 158 Å². The highest BCUT2D eigenvalue weighted by Gasteiger charge is 2.24. The van der Waals surface area contributed by atoms with E-state index in [1.165, 1.54) is 34.4 Å². The number of anilines is 1. The van der Waals surface area contributed by atoms with Crippen LogP contribution in [0.2, 0.25) is 0 Å². The van der Waals surface area contributed by atoms with Crippen molar-refractivity contribution in [1.82, 2.24) is 29.5 Å². The van der Waals surface area contributed by atoms with Gasteiger partial charge in [-0.3, -0.25) is 4.98 Å². The summed E-state index contributed by atoms with van der Waals surface area (Å²) in [5.74, 6) is -1.64. The van der Waals surface area contributed by atoms with Gasteiger partial charge in [-0.2, -0.15) is 14.6 Å². The number of halogens is 1. The number of para-hydroxylation sites is 1. The van der Waals surface area contributed by atoms with Crippen molar-refractivity contribution in [2.24, 2.45) is 0 Å². The zero-order chi connectivity index (χ0) is 29.1. The molecule has 1 aliphatic rings. The quantitative estimate of drug-likeness (QED) is 0.219. The van der Waals surface area contributed by atoms with Crippen LogP contribution >= 0.6 is 0 Å². The monoisotopic (exact) mass is 557 g/mol. The van der Waals surface area contributed by atoms with Crippen LogP contribution in [0.1, 0.15) is 43.0 Å². The van der Waals surface area contributed by atoms with Gasteiger partial charge in [0.1, 0.15) is 5.82 Å². The Bertz CT molecular complexity index is 1760. The Labute approximate surface area is 233 Å². The maximum Gasteiger partial charge on any atom is 0.328 e. The summed E-state index contributed by atoms with van der Waals surface area (Å²) in [5, 5.41) is 25.1. The second-order valence-corrected chi connectivity index (χ2v) is 9.97. The molecule has 0 radical (unpaired) electrons. The van der Waals surface area contributed by atoms with Gasteiger partial charge in [-0.15, -0.1) is 0 Å². The third-order valence-electron chi connectivity index (χ3n) is 6.78. The molecule has 5 aromatic rings. The summed E-state index contributed by atoms with van der Waals surface area (Å²) in [6.45, 7) is 4.21. The zero-order valence-electron chi connectivity index (χ0n) is 22.4. The SMILES string of the molecule is CC(C)c1cnn2c(N[C@@H]3CCc4[nH]c5ccccc5c4C3)nc(-c3cncc(F)c3)nc12.O=C(O)/C=C\C(=O)O. The molecular formula is C29H28FN7O4. The lowest BCUT2D eigenvalue weighted by Gasteiger charge is -2.24. The number of rotatable bonds is 6. The number of H-pyrrole nitrogens is 1. The van der Waals surface area contributed by atoms with E-state index < -0.39 is 17.8 Å². The summed E-state index contributed by atoms with van der Waals surface area (Å²) in [6, 6.07) is 10.0. The predicted octanol–water partition coefficient (Wildman–Crippen LogP) is 4.61. The molecule has 0 spiro atoms. The Morgan fingerprint density at radius 3 is 2.59 bits per heavy atom. The number of carboxylic acid groups (broad SMARTS) is 2. The molecule has 1 aliphatic carbocycles. The number of aryl methyl sites for hydroxylation is 1. The first-order valence-electron chi connectivity index (χ1n) is 13.0. The summed E-state index contributed by atoms with van der Waals surface area (Å²) in [7, 11) is 0. The molecule has 0 amide bonds. The summed E-state index contributed by atoms with van der Waals surface area (Å²) in [6.07, 6.45) is 8.55. The predicted molar refractivity (Wildman–Crippen MR) is 150 cm³/mol. The lowest BCUT2D eigenvalue weighted by molar-refractivity contribution is -0.134. The molecule has 0 unspecified atom stereocenters. The highest BCUT2D eigenvalue weighted by atomic mass is 19.1. The van der Waals surface area contributed by atoms with Crippen molar-refractivity contribution >= 4 is 34.4 Å². The van der Waals surface area contributed by atoms with E-state index in [1.54, 1.807) is 10.7 Å². The number of fused-ring (bicyclic) bond motifs is 4. The number of carboxylic acids is 2. The molecule has 0 fully saturated rings. The second kappa shape index (κ2) is 11.5. The molecule has 4 N–H and O–H groups in total. The molecule has 1 aromatic carbocycles. The number of carbonyl (C=O) groups is 2. The number of aromatic amines is 1. The van der Waals surface area contributed by atoms with Gasteiger partial charge in [-0.05, 0) is 42.9 Å². The first-order valence-corrected chi connectivity index (χ1v) is 13.0. The van der Waals surface area contributed by atoms with Crippen molar-refractivity contribution in [3.63, 3.8) is 0 Å². The molecule has 0 bridgehead atoms. The summed E-state index contributed by atoms with van der Waals surface area (Å²) >= 11 is 0. The van der Waals surface area contributed by atoms with E-state index in [1.807, 2.05) is 6.20 Å². The third-order valence-corrected chi connectivity index (χ3v) is 6.78. The molecule has 210 valence electrons. The smallest absolute Gasteiger partial charge is 0.328 e. The molecule has 12 heteroatoms. The molecule has 11 nitrogen and oxygen atoms in total. The van der Waals surface area contributed by atoms with Crippen LogP contribution in [0.25, 0.3) is 27.9 Å². The number of hydrogen-bond acceptors (Lipinski definition) is 7. The summed E-state index contributed by atoms with van der Waals surface area (Å²) in [4.78, 5) is 36.1. The van der Waals surface area contributed by atoms with Crippen molar-refractivity contribution < 1.29 is 24.2 Å². The lowest BCUT2D eigenvalue weighted by atomic mass is 9.91. The number of hydrogen-bond donors (Lipinski definition) is 4. The van der Waals surface area contributed by atoms with Gasteiger partial charge in [-0.25, -0.2) is 19.0 Å². The maximum atomic E-state index is 13.9. The van der Waals surface area contributed by atoms with Gasteiger partial charge < -0.3 is 20.5 Å². The van der Waals surface area contributed by atoms with Crippen LogP contribution in [0, 0.1) is 5.82 Å². The van der Waals surface area contributed by atoms with Gasteiger partial charge in [0.05, 0.1) is 12.4 Å². The van der Waals surface area contributed by atoms with Crippen LogP contribution in [-0.2, 0) is 22.4 Å². The van der Waals surface area contributed by atoms with Crippen LogP contribution in [0.3, 0.4) is 0 Å². The van der Waals surface area contributed by atoms with Gasteiger partial charge in [-0.1, -0.05) is 32.0 Å². The van der Waals surface area contributed by atoms with Crippen molar-refractivity contribution in [2.75, 3.05) is 5.32 Å². The van der Waals surface area contributed by atoms with Crippen molar-refractivity contribution in [3.05, 3.63) is 83.7 Å². The van der Waals surface area contributed by atoms with E-state index in [0.29, 0.717) is 29.5 Å². The number of pyridine rings is 1. The Kier molecular flexibility index (Phi) is 7.72. The molecule has 0 saturated carbocycles. The van der Waals surface area contributed by atoms with Crippen LogP contribution in [0.5, 0.6) is 0 Å². The fourth-order valence-electron chi connectivity index (χ4n) is 4.88. The van der Waals surface area contributed by atoms with Crippen LogP contribution in [-0.4, -0.2) is 57.7 Å². The molecule has 0 saturated heterocycles. The van der Waals surface area contributed by atoms with Gasteiger partial charge in [0.25, 0.3) is 0 Å². The Morgan fingerprint density at radius 2 is 1.88 bits per heavy atom. The lowest BCUT2D eigenvalue weighted by Crippen LogP contribution is -2.29. The average Bonchev–Trinajstić information content (AvgIpc) is 3.54. The maximum absolute atomic E-state index is 13.9. The van der Waals surface area contributed by atoms with E-state index in [9.17, 15) is 14.0 Å². The van der Waals surface area contributed by atoms with Crippen LogP contribution in [0.15, 0.2) is 61.1 Å². The molecule has 4 heterocycles. The molecular weight excluding hydrogens is 529 g/mol. The molecule has 1 atom stereocenters. The van der Waals surface area contributed by atoms with Crippen molar-refractivity contribution in [3.8, 4) is 11.4 Å². The minimum atomic E-state index is -1.26. The average molecular weight is 558 g/mol. The van der Waals surface area contributed by atoms with E-state index >= 15 is 0 Å². The minimum Gasteiger partial charge on any atom is -0.478 e. The minimum absolute atomic E-state index is 0.194. The van der Waals surface area contributed by atoms with Crippen molar-refractivity contribution in [2.45, 2.75) is 45.1 Å². The molecule has 0 aliphatic heterocycles. The van der Waals surface area contributed by atoms with Gasteiger partial charge in [0.2, 0.25) is 5.95 Å². The number of aromatic nitrogens is 6. The summed E-state index contributed by atoms with van der Waals surface area (Å²) < 4.78 is 15.6. The largest absolute Gasteiger partial charge is 0.478 e. The Morgan fingerprint density at radius 1 is 1.12 bits per heavy atom. The normalized spacial score (nSPS) is 14.7. The highest BCUT2D eigenvalue weighted by molar-refractivity contribution is 5.89. The number of nitrogens with zero attached hydrogens (tertiary/aromatic N) is 5. The van der Waals surface area contributed by atoms with E-state index in [4.69, 9.17) is 20.2 Å². The van der Waals surface area contributed by atoms with Crippen LogP contribution in [0.4, 0.5) is 10.3 Å². The summed E-state index contributed by atoms with van der Waals surface area (Å²) in [5.41, 5.74) is 6.15. The zero-order valence-corrected chi connectivity index (χ0v) is 22.4. The standard InChI is InChI=1S/C25H24FN7.C4H4O4/c1-14(2)20-13-28-33-24(20)31-23(15-9-16(26)12-27-11-15)32-25(33)29-17-7-8-22-19(10-17)18-5-3-4-6-21(18)30-22;5-3(6)1-2-4(7)8/h3-6,9,11-14,17,30H,7-8,10H2,1-2H3,(H,29,31,32);1-2H,(H,5,6)(H,7,8)/b;2-1-/t17-;/m1./s1. The third kappa shape index (κ3) is 6.06. The number of aliphatic carboxylic acids is 2. The fraction of sp³-hybridized carbons (Fsp3) is 0.241. The molecule has 41 heavy (non-hydrogen) atoms. The molecule has 6 rings (SSSR count). The second-order valence-electron chi connectivity index (χ2n) is 9.97. The first kappa shape index (κ1) is 27.4. The van der Waals surface area contributed by atoms with Crippen molar-refractivity contribution in [1.29, 1.82) is 0 Å². The number of benzene rings is 1.